The minimum absolute atomic E-state index is 0.149. The molecule has 0 aliphatic heterocycles. The van der Waals surface area contributed by atoms with Crippen molar-refractivity contribution in [3.63, 3.8) is 0 Å². The molecule has 0 aliphatic carbocycles. The zero-order valence-corrected chi connectivity index (χ0v) is 10.7. The molecule has 0 rings (SSSR count). The fraction of sp³-hybridized carbons (Fsp3) is 1.00. The van der Waals surface area contributed by atoms with E-state index in [0.717, 1.165) is 12.8 Å². The molecule has 3 nitrogen and oxygen atoms in total. The Labute approximate surface area is 94.5 Å². The van der Waals surface area contributed by atoms with Gasteiger partial charge in [-0.1, -0.05) is 27.7 Å². The van der Waals surface area contributed by atoms with Crippen LogP contribution in [0.1, 0.15) is 40.5 Å². The van der Waals surface area contributed by atoms with E-state index in [-0.39, 0.29) is 12.1 Å². The molecule has 0 bridgehead atoms. The maximum atomic E-state index is 5.90. The summed E-state index contributed by atoms with van der Waals surface area (Å²) >= 11 is 0. The Morgan fingerprint density at radius 1 is 0.800 bits per heavy atom. The number of rotatable bonds is 8. The first-order chi connectivity index (χ1) is 6.91. The summed E-state index contributed by atoms with van der Waals surface area (Å²) in [4.78, 5) is 0. The van der Waals surface area contributed by atoms with E-state index >= 15 is 0 Å². The van der Waals surface area contributed by atoms with Crippen LogP contribution in [0.5, 0.6) is 0 Å². The molecule has 0 fully saturated rings. The molecule has 0 unspecified atom stereocenters. The van der Waals surface area contributed by atoms with Crippen LogP contribution in [-0.2, 0) is 4.74 Å². The fourth-order valence-electron chi connectivity index (χ4n) is 1.72. The van der Waals surface area contributed by atoms with Crippen LogP contribution < -0.4 is 11.5 Å². The molecule has 15 heavy (non-hydrogen) atoms. The number of nitrogens with two attached hydrogens (primary N) is 2. The van der Waals surface area contributed by atoms with Crippen molar-refractivity contribution < 1.29 is 4.74 Å². The van der Waals surface area contributed by atoms with Crippen molar-refractivity contribution in [1.29, 1.82) is 0 Å². The third kappa shape index (κ3) is 10.2. The Morgan fingerprint density at radius 3 is 1.40 bits per heavy atom. The summed E-state index contributed by atoms with van der Waals surface area (Å²) < 4.78 is 5.51. The van der Waals surface area contributed by atoms with Gasteiger partial charge in [-0.15, -0.1) is 0 Å². The van der Waals surface area contributed by atoms with E-state index in [4.69, 9.17) is 16.2 Å². The normalized spacial score (nSPS) is 16.0. The second-order valence-corrected chi connectivity index (χ2v) is 5.32. The van der Waals surface area contributed by atoms with Gasteiger partial charge in [-0.05, 0) is 24.7 Å². The molecule has 0 heterocycles. The second kappa shape index (κ2) is 8.08. The molecule has 0 aromatic carbocycles. The standard InChI is InChI=1S/C12H28N2O/c1-9(2)5-11(13)7-15-8-12(14)6-10(3)4/h9-12H,5-8,13-14H2,1-4H3/t11-,12-/m0/s1. The van der Waals surface area contributed by atoms with Crippen LogP contribution in [0.15, 0.2) is 0 Å². The van der Waals surface area contributed by atoms with E-state index < -0.39 is 0 Å². The molecule has 3 heteroatoms. The molecular weight excluding hydrogens is 188 g/mol. The average molecular weight is 216 g/mol. The van der Waals surface area contributed by atoms with Crippen molar-refractivity contribution in [2.45, 2.75) is 52.6 Å². The summed E-state index contributed by atoms with van der Waals surface area (Å²) in [6, 6.07) is 0.299. The van der Waals surface area contributed by atoms with Crippen molar-refractivity contribution >= 4 is 0 Å². The van der Waals surface area contributed by atoms with Gasteiger partial charge in [-0.2, -0.15) is 0 Å². The molecule has 92 valence electrons. The summed E-state index contributed by atoms with van der Waals surface area (Å²) in [5.41, 5.74) is 11.8. The van der Waals surface area contributed by atoms with Gasteiger partial charge in [0, 0.05) is 12.1 Å². The first-order valence-corrected chi connectivity index (χ1v) is 6.00. The van der Waals surface area contributed by atoms with Crippen molar-refractivity contribution in [1.82, 2.24) is 0 Å². The molecule has 0 amide bonds. The van der Waals surface area contributed by atoms with Crippen LogP contribution in [0.25, 0.3) is 0 Å². The van der Waals surface area contributed by atoms with Gasteiger partial charge in [-0.3, -0.25) is 0 Å². The van der Waals surface area contributed by atoms with Gasteiger partial charge in [0.15, 0.2) is 0 Å². The first kappa shape index (κ1) is 14.9. The zero-order chi connectivity index (χ0) is 11.8. The van der Waals surface area contributed by atoms with Gasteiger partial charge in [0.1, 0.15) is 0 Å². The van der Waals surface area contributed by atoms with Crippen molar-refractivity contribution in [2.75, 3.05) is 13.2 Å². The van der Waals surface area contributed by atoms with E-state index in [0.29, 0.717) is 25.0 Å². The van der Waals surface area contributed by atoms with Crippen LogP contribution in [0.3, 0.4) is 0 Å². The van der Waals surface area contributed by atoms with Crippen molar-refractivity contribution in [3.05, 3.63) is 0 Å². The van der Waals surface area contributed by atoms with Gasteiger partial charge >= 0.3 is 0 Å². The van der Waals surface area contributed by atoms with Gasteiger partial charge < -0.3 is 16.2 Å². The van der Waals surface area contributed by atoms with Crippen molar-refractivity contribution in [2.24, 2.45) is 23.3 Å². The molecule has 0 aromatic rings. The topological polar surface area (TPSA) is 61.3 Å². The molecule has 2 atom stereocenters. The fourth-order valence-corrected chi connectivity index (χ4v) is 1.72. The molecule has 0 saturated carbocycles. The number of ether oxygens (including phenoxy) is 1. The van der Waals surface area contributed by atoms with Crippen LogP contribution in [-0.4, -0.2) is 25.3 Å². The lowest BCUT2D eigenvalue weighted by Crippen LogP contribution is -2.33. The summed E-state index contributed by atoms with van der Waals surface area (Å²) in [5.74, 6) is 1.26. The highest BCUT2D eigenvalue weighted by Gasteiger charge is 2.08. The Hall–Kier alpha value is -0.120. The van der Waals surface area contributed by atoms with E-state index in [1.807, 2.05) is 0 Å². The minimum atomic E-state index is 0.149. The number of hydrogen-bond donors (Lipinski definition) is 2. The highest BCUT2D eigenvalue weighted by molar-refractivity contribution is 4.65. The van der Waals surface area contributed by atoms with Gasteiger partial charge in [0.2, 0.25) is 0 Å². The van der Waals surface area contributed by atoms with Crippen molar-refractivity contribution in [3.8, 4) is 0 Å². The summed E-state index contributed by atoms with van der Waals surface area (Å²) in [6.45, 7) is 9.94. The zero-order valence-electron chi connectivity index (χ0n) is 10.7. The van der Waals surface area contributed by atoms with E-state index in [2.05, 4.69) is 27.7 Å². The quantitative estimate of drug-likeness (QED) is 0.650. The third-order valence-corrected chi connectivity index (χ3v) is 2.21. The molecule has 0 aliphatic rings. The van der Waals surface area contributed by atoms with Crippen LogP contribution >= 0.6 is 0 Å². The monoisotopic (exact) mass is 216 g/mol. The summed E-state index contributed by atoms with van der Waals surface area (Å²) in [5, 5.41) is 0. The average Bonchev–Trinajstić information content (AvgIpc) is 2.00. The predicted octanol–water partition coefficient (Wildman–Crippen LogP) is 1.75. The molecule has 0 aromatic heterocycles. The highest BCUT2D eigenvalue weighted by Crippen LogP contribution is 2.05. The van der Waals surface area contributed by atoms with E-state index in [1.54, 1.807) is 0 Å². The largest absolute Gasteiger partial charge is 0.378 e. The lowest BCUT2D eigenvalue weighted by molar-refractivity contribution is 0.0993. The SMILES string of the molecule is CC(C)C[C@H](N)COC[C@@H](N)CC(C)C. The highest BCUT2D eigenvalue weighted by atomic mass is 16.5. The molecule has 0 spiro atoms. The Balaban J connectivity index is 3.44. The predicted molar refractivity (Wildman–Crippen MR) is 65.7 cm³/mol. The third-order valence-electron chi connectivity index (χ3n) is 2.21. The summed E-state index contributed by atoms with van der Waals surface area (Å²) in [6.07, 6.45) is 2.03. The Morgan fingerprint density at radius 2 is 1.13 bits per heavy atom. The van der Waals surface area contributed by atoms with Gasteiger partial charge in [0.05, 0.1) is 13.2 Å². The van der Waals surface area contributed by atoms with E-state index in [9.17, 15) is 0 Å². The molecule has 0 radical (unpaired) electrons. The van der Waals surface area contributed by atoms with Crippen LogP contribution in [0.2, 0.25) is 0 Å². The lowest BCUT2D eigenvalue weighted by Gasteiger charge is -2.17. The Bertz CT molecular complexity index is 133. The number of hydrogen-bond acceptors (Lipinski definition) is 3. The maximum Gasteiger partial charge on any atom is 0.0618 e. The van der Waals surface area contributed by atoms with Crippen LogP contribution in [0, 0.1) is 11.8 Å². The molecule has 0 saturated heterocycles. The Kier molecular flexibility index (Phi) is 8.02. The van der Waals surface area contributed by atoms with Gasteiger partial charge in [-0.25, -0.2) is 0 Å². The maximum absolute atomic E-state index is 5.90. The van der Waals surface area contributed by atoms with E-state index in [1.165, 1.54) is 0 Å². The summed E-state index contributed by atoms with van der Waals surface area (Å²) in [7, 11) is 0. The van der Waals surface area contributed by atoms with Crippen LogP contribution in [0.4, 0.5) is 0 Å². The molecule has 4 N–H and O–H groups in total. The second-order valence-electron chi connectivity index (χ2n) is 5.32. The van der Waals surface area contributed by atoms with Gasteiger partial charge in [0.25, 0.3) is 0 Å². The molecular formula is C12H28N2O. The lowest BCUT2D eigenvalue weighted by atomic mass is 10.0. The smallest absolute Gasteiger partial charge is 0.0618 e. The minimum Gasteiger partial charge on any atom is -0.378 e. The first-order valence-electron chi connectivity index (χ1n) is 6.00.